The van der Waals surface area contributed by atoms with Crippen LogP contribution in [0.25, 0.3) is 0 Å². The van der Waals surface area contributed by atoms with Crippen LogP contribution in [0.1, 0.15) is 25.8 Å². The zero-order valence-corrected chi connectivity index (χ0v) is 10.8. The molecule has 0 N–H and O–H groups in total. The van der Waals surface area contributed by atoms with Crippen LogP contribution >= 0.6 is 11.8 Å². The lowest BCUT2D eigenvalue weighted by Gasteiger charge is -2.19. The summed E-state index contributed by atoms with van der Waals surface area (Å²) >= 11 is 1.39. The van der Waals surface area contributed by atoms with Gasteiger partial charge in [-0.1, -0.05) is 49.0 Å². The highest BCUT2D eigenvalue weighted by atomic mass is 32.2. The molecule has 0 saturated carbocycles. The first kappa shape index (κ1) is 13.1. The van der Waals surface area contributed by atoms with Gasteiger partial charge in [0.15, 0.2) is 0 Å². The van der Waals surface area contributed by atoms with E-state index in [2.05, 4.69) is 19.1 Å². The third kappa shape index (κ3) is 4.27. The van der Waals surface area contributed by atoms with Gasteiger partial charge in [0.05, 0.1) is 0 Å². The molecule has 1 aromatic carbocycles. The molecule has 1 rings (SSSR count). The number of amides is 1. The van der Waals surface area contributed by atoms with Crippen molar-refractivity contribution in [1.82, 2.24) is 4.90 Å². The fourth-order valence-electron chi connectivity index (χ4n) is 1.46. The normalized spacial score (nSPS) is 10.1. The van der Waals surface area contributed by atoms with Crippen LogP contribution in [0.3, 0.4) is 0 Å². The monoisotopic (exact) mass is 237 g/mol. The third-order valence-corrected chi connectivity index (χ3v) is 3.32. The SMILES string of the molecule is CCCN(CC)C(=O)SCc1ccccc1. The Morgan fingerprint density at radius 3 is 2.50 bits per heavy atom. The summed E-state index contributed by atoms with van der Waals surface area (Å²) in [7, 11) is 0. The molecule has 0 aromatic heterocycles. The van der Waals surface area contributed by atoms with Gasteiger partial charge in [0, 0.05) is 18.8 Å². The zero-order valence-electron chi connectivity index (χ0n) is 9.98. The quantitative estimate of drug-likeness (QED) is 0.777. The molecule has 1 aromatic rings. The van der Waals surface area contributed by atoms with Crippen molar-refractivity contribution < 1.29 is 4.79 Å². The van der Waals surface area contributed by atoms with E-state index in [9.17, 15) is 4.79 Å². The Labute approximate surface area is 102 Å². The predicted octanol–water partition coefficient (Wildman–Crippen LogP) is 3.77. The van der Waals surface area contributed by atoms with E-state index in [1.165, 1.54) is 17.3 Å². The van der Waals surface area contributed by atoms with E-state index in [1.54, 1.807) is 0 Å². The van der Waals surface area contributed by atoms with Crippen molar-refractivity contribution in [3.63, 3.8) is 0 Å². The van der Waals surface area contributed by atoms with E-state index >= 15 is 0 Å². The average Bonchev–Trinajstić information content (AvgIpc) is 2.34. The minimum Gasteiger partial charge on any atom is -0.334 e. The Morgan fingerprint density at radius 2 is 1.94 bits per heavy atom. The van der Waals surface area contributed by atoms with Crippen LogP contribution in [0.15, 0.2) is 30.3 Å². The Bertz CT molecular complexity index is 313. The first-order valence-electron chi connectivity index (χ1n) is 5.73. The second-order valence-corrected chi connectivity index (χ2v) is 4.55. The maximum Gasteiger partial charge on any atom is 0.281 e. The molecular formula is C13H19NOS. The van der Waals surface area contributed by atoms with Gasteiger partial charge in [0.2, 0.25) is 0 Å². The lowest BCUT2D eigenvalue weighted by Crippen LogP contribution is -2.28. The van der Waals surface area contributed by atoms with E-state index in [4.69, 9.17) is 0 Å². The van der Waals surface area contributed by atoms with Crippen LogP contribution in [0.4, 0.5) is 4.79 Å². The number of carbonyl (C=O) groups is 1. The lowest BCUT2D eigenvalue weighted by atomic mass is 10.2. The van der Waals surface area contributed by atoms with Gasteiger partial charge < -0.3 is 4.90 Å². The first-order valence-corrected chi connectivity index (χ1v) is 6.72. The molecule has 0 aliphatic heterocycles. The Kier molecular flexibility index (Phi) is 6.01. The Balaban J connectivity index is 2.40. The second-order valence-electron chi connectivity index (χ2n) is 3.62. The Morgan fingerprint density at radius 1 is 1.25 bits per heavy atom. The fourth-order valence-corrected chi connectivity index (χ4v) is 2.34. The van der Waals surface area contributed by atoms with E-state index in [-0.39, 0.29) is 5.24 Å². The van der Waals surface area contributed by atoms with E-state index < -0.39 is 0 Å². The Hall–Kier alpha value is -0.960. The van der Waals surface area contributed by atoms with Crippen LogP contribution < -0.4 is 0 Å². The molecule has 0 radical (unpaired) electrons. The van der Waals surface area contributed by atoms with Gasteiger partial charge >= 0.3 is 0 Å². The molecule has 0 bridgehead atoms. The van der Waals surface area contributed by atoms with Crippen molar-refractivity contribution >= 4 is 17.0 Å². The van der Waals surface area contributed by atoms with Crippen molar-refractivity contribution in [2.75, 3.05) is 13.1 Å². The van der Waals surface area contributed by atoms with Crippen molar-refractivity contribution in [3.8, 4) is 0 Å². The van der Waals surface area contributed by atoms with Crippen LogP contribution in [-0.4, -0.2) is 23.2 Å². The lowest BCUT2D eigenvalue weighted by molar-refractivity contribution is 0.226. The van der Waals surface area contributed by atoms with E-state index in [0.717, 1.165) is 25.3 Å². The molecule has 0 saturated heterocycles. The van der Waals surface area contributed by atoms with Crippen LogP contribution in [0.5, 0.6) is 0 Å². The standard InChI is InChI=1S/C13H19NOS/c1-3-10-14(4-2)13(15)16-11-12-8-6-5-7-9-12/h5-9H,3-4,10-11H2,1-2H3. The summed E-state index contributed by atoms with van der Waals surface area (Å²) in [5, 5.41) is 0.188. The highest BCUT2D eigenvalue weighted by molar-refractivity contribution is 8.12. The van der Waals surface area contributed by atoms with Gasteiger partial charge in [0.25, 0.3) is 5.24 Å². The summed E-state index contributed by atoms with van der Waals surface area (Å²) in [6.45, 7) is 5.78. The smallest absolute Gasteiger partial charge is 0.281 e. The average molecular weight is 237 g/mol. The van der Waals surface area contributed by atoms with E-state index in [0.29, 0.717) is 0 Å². The van der Waals surface area contributed by atoms with Gasteiger partial charge in [-0.3, -0.25) is 4.79 Å². The summed E-state index contributed by atoms with van der Waals surface area (Å²) in [5.41, 5.74) is 1.20. The van der Waals surface area contributed by atoms with Crippen LogP contribution in [-0.2, 0) is 5.75 Å². The molecule has 1 amide bonds. The maximum absolute atomic E-state index is 11.8. The molecule has 3 heteroatoms. The molecule has 0 aliphatic carbocycles. The molecule has 0 unspecified atom stereocenters. The summed E-state index contributed by atoms with van der Waals surface area (Å²) in [4.78, 5) is 13.7. The van der Waals surface area contributed by atoms with Gasteiger partial charge in [-0.15, -0.1) is 0 Å². The van der Waals surface area contributed by atoms with Crippen molar-refractivity contribution in [3.05, 3.63) is 35.9 Å². The minimum absolute atomic E-state index is 0.188. The number of nitrogens with zero attached hydrogens (tertiary/aromatic N) is 1. The summed E-state index contributed by atoms with van der Waals surface area (Å²) in [6, 6.07) is 10.1. The van der Waals surface area contributed by atoms with Crippen molar-refractivity contribution in [2.45, 2.75) is 26.0 Å². The molecule has 88 valence electrons. The molecule has 0 atom stereocenters. The topological polar surface area (TPSA) is 20.3 Å². The first-order chi connectivity index (χ1) is 7.77. The fraction of sp³-hybridized carbons (Fsp3) is 0.462. The van der Waals surface area contributed by atoms with Gasteiger partial charge in [0.1, 0.15) is 0 Å². The summed E-state index contributed by atoms with van der Waals surface area (Å²) < 4.78 is 0. The predicted molar refractivity (Wildman–Crippen MR) is 70.7 cm³/mol. The summed E-state index contributed by atoms with van der Waals surface area (Å²) in [5.74, 6) is 0.764. The van der Waals surface area contributed by atoms with Crippen LogP contribution in [0.2, 0.25) is 0 Å². The third-order valence-electron chi connectivity index (χ3n) is 2.34. The molecule has 0 fully saturated rings. The molecule has 2 nitrogen and oxygen atoms in total. The second kappa shape index (κ2) is 7.34. The highest BCUT2D eigenvalue weighted by Gasteiger charge is 2.10. The molecule has 0 heterocycles. The number of carbonyl (C=O) groups excluding carboxylic acids is 1. The largest absolute Gasteiger partial charge is 0.334 e. The minimum atomic E-state index is 0.188. The van der Waals surface area contributed by atoms with Crippen LogP contribution in [0, 0.1) is 0 Å². The van der Waals surface area contributed by atoms with Gasteiger partial charge in [-0.05, 0) is 18.9 Å². The zero-order chi connectivity index (χ0) is 11.8. The highest BCUT2D eigenvalue weighted by Crippen LogP contribution is 2.16. The molecule has 0 aliphatic rings. The number of benzene rings is 1. The number of thioether (sulfide) groups is 1. The number of rotatable bonds is 5. The number of hydrogen-bond donors (Lipinski definition) is 0. The molecular weight excluding hydrogens is 218 g/mol. The van der Waals surface area contributed by atoms with Gasteiger partial charge in [-0.2, -0.15) is 0 Å². The number of hydrogen-bond acceptors (Lipinski definition) is 2. The molecule has 16 heavy (non-hydrogen) atoms. The summed E-state index contributed by atoms with van der Waals surface area (Å²) in [6.07, 6.45) is 1.02. The van der Waals surface area contributed by atoms with E-state index in [1.807, 2.05) is 30.0 Å². The van der Waals surface area contributed by atoms with Crippen molar-refractivity contribution in [2.24, 2.45) is 0 Å². The molecule has 0 spiro atoms. The maximum atomic E-state index is 11.8. The van der Waals surface area contributed by atoms with Crippen molar-refractivity contribution in [1.29, 1.82) is 0 Å². The van der Waals surface area contributed by atoms with Gasteiger partial charge in [-0.25, -0.2) is 0 Å².